The average molecular weight is 266 g/mol. The maximum Gasteiger partial charge on any atom is 0.230 e. The van der Waals surface area contributed by atoms with Crippen molar-refractivity contribution in [3.05, 3.63) is 0 Å². The molecule has 3 nitrogen and oxygen atoms in total. The summed E-state index contributed by atoms with van der Waals surface area (Å²) in [6.07, 6.45) is 9.56. The lowest BCUT2D eigenvalue weighted by Crippen LogP contribution is -2.54. The SMILES string of the molecule is CCN(C(=O)C1(CC)CCCNC1)C1CCCCC1. The van der Waals surface area contributed by atoms with Crippen LogP contribution in [0.25, 0.3) is 0 Å². The van der Waals surface area contributed by atoms with Gasteiger partial charge in [-0.3, -0.25) is 4.79 Å². The number of carbonyl (C=O) groups excluding carboxylic acids is 1. The molecule has 1 atom stereocenters. The van der Waals surface area contributed by atoms with Gasteiger partial charge < -0.3 is 10.2 Å². The first-order valence-corrected chi connectivity index (χ1v) is 8.25. The third kappa shape index (κ3) is 3.13. The summed E-state index contributed by atoms with van der Waals surface area (Å²) in [6.45, 7) is 7.16. The van der Waals surface area contributed by atoms with Crippen molar-refractivity contribution in [1.82, 2.24) is 10.2 Å². The molecule has 2 rings (SSSR count). The Morgan fingerprint density at radius 3 is 2.47 bits per heavy atom. The quantitative estimate of drug-likeness (QED) is 0.848. The zero-order chi connectivity index (χ0) is 13.7. The molecule has 1 aliphatic carbocycles. The third-order valence-electron chi connectivity index (χ3n) is 5.22. The number of nitrogens with one attached hydrogen (secondary N) is 1. The summed E-state index contributed by atoms with van der Waals surface area (Å²) in [5.41, 5.74) is -0.119. The first-order valence-electron chi connectivity index (χ1n) is 8.25. The molecule has 0 spiro atoms. The highest BCUT2D eigenvalue weighted by atomic mass is 16.2. The summed E-state index contributed by atoms with van der Waals surface area (Å²) in [5, 5.41) is 3.44. The van der Waals surface area contributed by atoms with E-state index in [1.165, 1.54) is 32.1 Å². The van der Waals surface area contributed by atoms with Crippen LogP contribution in [0.5, 0.6) is 0 Å². The van der Waals surface area contributed by atoms with Gasteiger partial charge in [0.25, 0.3) is 0 Å². The molecule has 2 aliphatic rings. The minimum absolute atomic E-state index is 0.119. The highest BCUT2D eigenvalue weighted by molar-refractivity contribution is 5.83. The van der Waals surface area contributed by atoms with Crippen molar-refractivity contribution in [2.24, 2.45) is 5.41 Å². The fourth-order valence-corrected chi connectivity index (χ4v) is 3.87. The van der Waals surface area contributed by atoms with Crippen LogP contribution in [0.15, 0.2) is 0 Å². The fourth-order valence-electron chi connectivity index (χ4n) is 3.87. The number of amides is 1. The van der Waals surface area contributed by atoms with Crippen molar-refractivity contribution in [2.75, 3.05) is 19.6 Å². The number of nitrogens with zero attached hydrogens (tertiary/aromatic N) is 1. The molecule has 19 heavy (non-hydrogen) atoms. The molecule has 1 saturated carbocycles. The van der Waals surface area contributed by atoms with E-state index in [1.54, 1.807) is 0 Å². The molecule has 0 aromatic carbocycles. The molecule has 1 heterocycles. The monoisotopic (exact) mass is 266 g/mol. The second-order valence-electron chi connectivity index (χ2n) is 6.30. The molecule has 0 aromatic rings. The summed E-state index contributed by atoms with van der Waals surface area (Å²) < 4.78 is 0. The van der Waals surface area contributed by atoms with Crippen molar-refractivity contribution in [3.63, 3.8) is 0 Å². The molecule has 0 bridgehead atoms. The Hall–Kier alpha value is -0.570. The maximum atomic E-state index is 13.1. The van der Waals surface area contributed by atoms with Crippen molar-refractivity contribution in [3.8, 4) is 0 Å². The van der Waals surface area contributed by atoms with Crippen LogP contribution in [0.2, 0.25) is 0 Å². The van der Waals surface area contributed by atoms with Crippen LogP contribution in [-0.4, -0.2) is 36.5 Å². The zero-order valence-corrected chi connectivity index (χ0v) is 12.7. The van der Waals surface area contributed by atoms with E-state index in [9.17, 15) is 4.79 Å². The van der Waals surface area contributed by atoms with Crippen LogP contribution >= 0.6 is 0 Å². The second kappa shape index (κ2) is 6.74. The molecular weight excluding hydrogens is 236 g/mol. The molecule has 110 valence electrons. The lowest BCUT2D eigenvalue weighted by atomic mass is 9.76. The third-order valence-corrected chi connectivity index (χ3v) is 5.22. The first kappa shape index (κ1) is 14.8. The second-order valence-corrected chi connectivity index (χ2v) is 6.30. The Balaban J connectivity index is 2.09. The van der Waals surface area contributed by atoms with Gasteiger partial charge in [-0.15, -0.1) is 0 Å². The van der Waals surface area contributed by atoms with E-state index in [2.05, 4.69) is 24.1 Å². The van der Waals surface area contributed by atoms with Crippen LogP contribution in [0.1, 0.15) is 65.2 Å². The standard InChI is InChI=1S/C16H30N2O/c1-3-16(11-8-12-17-13-16)15(19)18(4-2)14-9-6-5-7-10-14/h14,17H,3-13H2,1-2H3. The minimum Gasteiger partial charge on any atom is -0.339 e. The highest BCUT2D eigenvalue weighted by Crippen LogP contribution is 2.34. The van der Waals surface area contributed by atoms with Gasteiger partial charge >= 0.3 is 0 Å². The number of hydrogen-bond acceptors (Lipinski definition) is 2. The summed E-state index contributed by atoms with van der Waals surface area (Å²) in [6, 6.07) is 0.511. The molecular formula is C16H30N2O. The Morgan fingerprint density at radius 2 is 1.95 bits per heavy atom. The van der Waals surface area contributed by atoms with Gasteiger partial charge in [-0.1, -0.05) is 26.2 Å². The van der Waals surface area contributed by atoms with Gasteiger partial charge in [-0.05, 0) is 45.6 Å². The molecule has 3 heteroatoms. The van der Waals surface area contributed by atoms with Crippen molar-refractivity contribution < 1.29 is 4.79 Å². The van der Waals surface area contributed by atoms with Gasteiger partial charge in [-0.2, -0.15) is 0 Å². The van der Waals surface area contributed by atoms with Gasteiger partial charge in [-0.25, -0.2) is 0 Å². The van der Waals surface area contributed by atoms with E-state index in [1.807, 2.05) is 0 Å². The number of carbonyl (C=O) groups is 1. The van der Waals surface area contributed by atoms with Crippen molar-refractivity contribution >= 4 is 5.91 Å². The van der Waals surface area contributed by atoms with Gasteiger partial charge in [0.05, 0.1) is 5.41 Å². The molecule has 1 saturated heterocycles. The lowest BCUT2D eigenvalue weighted by molar-refractivity contribution is -0.146. The largest absolute Gasteiger partial charge is 0.339 e. The van der Waals surface area contributed by atoms with Crippen molar-refractivity contribution in [2.45, 2.75) is 71.3 Å². The molecule has 0 aromatic heterocycles. The Bertz CT molecular complexity index is 291. The number of hydrogen-bond donors (Lipinski definition) is 1. The maximum absolute atomic E-state index is 13.1. The van der Waals surface area contributed by atoms with E-state index >= 15 is 0 Å². The van der Waals surface area contributed by atoms with Gasteiger partial charge in [0.1, 0.15) is 0 Å². The topological polar surface area (TPSA) is 32.3 Å². The van der Waals surface area contributed by atoms with E-state index in [4.69, 9.17) is 0 Å². The van der Waals surface area contributed by atoms with Crippen LogP contribution < -0.4 is 5.32 Å². The van der Waals surface area contributed by atoms with E-state index in [0.29, 0.717) is 11.9 Å². The first-order chi connectivity index (χ1) is 9.23. The molecule has 1 amide bonds. The number of piperidine rings is 1. The molecule has 1 aliphatic heterocycles. The van der Waals surface area contributed by atoms with Gasteiger partial charge in [0, 0.05) is 19.1 Å². The smallest absolute Gasteiger partial charge is 0.230 e. The van der Waals surface area contributed by atoms with Crippen molar-refractivity contribution in [1.29, 1.82) is 0 Å². The van der Waals surface area contributed by atoms with Crippen LogP contribution in [0.3, 0.4) is 0 Å². The van der Waals surface area contributed by atoms with Gasteiger partial charge in [0.2, 0.25) is 5.91 Å². The predicted molar refractivity (Wildman–Crippen MR) is 79.1 cm³/mol. The highest BCUT2D eigenvalue weighted by Gasteiger charge is 2.41. The zero-order valence-electron chi connectivity index (χ0n) is 12.7. The van der Waals surface area contributed by atoms with Crippen LogP contribution in [-0.2, 0) is 4.79 Å². The van der Waals surface area contributed by atoms with Crippen LogP contribution in [0.4, 0.5) is 0 Å². The fraction of sp³-hybridized carbons (Fsp3) is 0.938. The summed E-state index contributed by atoms with van der Waals surface area (Å²) in [4.78, 5) is 15.3. The Labute approximate surface area is 118 Å². The Morgan fingerprint density at radius 1 is 1.21 bits per heavy atom. The molecule has 1 unspecified atom stereocenters. The van der Waals surface area contributed by atoms with E-state index in [0.717, 1.165) is 38.9 Å². The Kier molecular flexibility index (Phi) is 5.26. The predicted octanol–water partition coefficient (Wildman–Crippen LogP) is 2.95. The molecule has 1 N–H and O–H groups in total. The van der Waals surface area contributed by atoms with E-state index in [-0.39, 0.29) is 5.41 Å². The van der Waals surface area contributed by atoms with Crippen LogP contribution in [0, 0.1) is 5.41 Å². The van der Waals surface area contributed by atoms with Gasteiger partial charge in [0.15, 0.2) is 0 Å². The normalized spacial score (nSPS) is 29.2. The van der Waals surface area contributed by atoms with E-state index < -0.39 is 0 Å². The average Bonchev–Trinajstić information content (AvgIpc) is 2.49. The summed E-state index contributed by atoms with van der Waals surface area (Å²) >= 11 is 0. The minimum atomic E-state index is -0.119. The lowest BCUT2D eigenvalue weighted by Gasteiger charge is -2.43. The molecule has 2 fully saturated rings. The molecule has 0 radical (unpaired) electrons. The summed E-state index contributed by atoms with van der Waals surface area (Å²) in [5.74, 6) is 0.427. The summed E-state index contributed by atoms with van der Waals surface area (Å²) in [7, 11) is 0. The number of rotatable bonds is 4.